The molecule has 1 atom stereocenters. The largest absolute Gasteiger partial charge is 0.456 e. The van der Waals surface area contributed by atoms with Gasteiger partial charge < -0.3 is 9.47 Å². The van der Waals surface area contributed by atoms with Crippen LogP contribution in [0.15, 0.2) is 5.38 Å². The van der Waals surface area contributed by atoms with Crippen molar-refractivity contribution in [1.82, 2.24) is 0 Å². The first-order valence-electron chi connectivity index (χ1n) is 5.33. The molecule has 1 aliphatic rings. The lowest BCUT2D eigenvalue weighted by atomic mass is 10.1. The van der Waals surface area contributed by atoms with Gasteiger partial charge in [0.15, 0.2) is 0 Å². The second-order valence-electron chi connectivity index (χ2n) is 4.94. The number of ether oxygens (including phenoxy) is 2. The maximum absolute atomic E-state index is 12.0. The number of hydrogen-bond acceptors (Lipinski definition) is 4. The third-order valence-corrected chi connectivity index (χ3v) is 3.38. The van der Waals surface area contributed by atoms with Gasteiger partial charge in [-0.1, -0.05) is 0 Å². The van der Waals surface area contributed by atoms with Gasteiger partial charge in [0.2, 0.25) is 0 Å². The summed E-state index contributed by atoms with van der Waals surface area (Å²) in [5, 5.41) is 1.87. The zero-order valence-corrected chi connectivity index (χ0v) is 10.8. The van der Waals surface area contributed by atoms with Crippen molar-refractivity contribution in [2.24, 2.45) is 0 Å². The fourth-order valence-electron chi connectivity index (χ4n) is 1.74. The molecule has 88 valence electrons. The van der Waals surface area contributed by atoms with E-state index in [-0.39, 0.29) is 12.1 Å². The van der Waals surface area contributed by atoms with Crippen LogP contribution in [0.5, 0.6) is 0 Å². The van der Waals surface area contributed by atoms with Crippen LogP contribution in [-0.4, -0.2) is 11.6 Å². The molecule has 1 aromatic rings. The van der Waals surface area contributed by atoms with Crippen molar-refractivity contribution in [2.75, 3.05) is 0 Å². The van der Waals surface area contributed by atoms with Crippen molar-refractivity contribution in [2.45, 2.75) is 46.0 Å². The Kier molecular flexibility index (Phi) is 2.80. The molecule has 0 amide bonds. The van der Waals surface area contributed by atoms with E-state index in [0.717, 1.165) is 10.4 Å². The summed E-state index contributed by atoms with van der Waals surface area (Å²) in [6.45, 7) is 8.20. The van der Waals surface area contributed by atoms with Crippen molar-refractivity contribution >= 4 is 17.3 Å². The normalized spacial score (nSPS) is 19.6. The second kappa shape index (κ2) is 3.86. The highest BCUT2D eigenvalue weighted by atomic mass is 32.1. The summed E-state index contributed by atoms with van der Waals surface area (Å²) in [5.41, 5.74) is 1.23. The standard InChI is InChI=1S/C12H16O3S/c1-7-10-8(6-16-9(10)5-14-7)11(13)15-12(2,3)4/h6-7H,5H2,1-4H3. The first kappa shape index (κ1) is 11.6. The number of fused-ring (bicyclic) bond motifs is 1. The highest BCUT2D eigenvalue weighted by Crippen LogP contribution is 2.38. The molecule has 2 rings (SSSR count). The Labute approximate surface area is 99.4 Å². The van der Waals surface area contributed by atoms with Gasteiger partial charge in [0.05, 0.1) is 18.3 Å². The molecule has 3 nitrogen and oxygen atoms in total. The highest BCUT2D eigenvalue weighted by Gasteiger charge is 2.30. The number of esters is 1. The molecular weight excluding hydrogens is 224 g/mol. The molecule has 0 spiro atoms. The lowest BCUT2D eigenvalue weighted by Gasteiger charge is -2.19. The zero-order chi connectivity index (χ0) is 11.9. The lowest BCUT2D eigenvalue weighted by Crippen LogP contribution is -2.24. The molecule has 0 fully saturated rings. The summed E-state index contributed by atoms with van der Waals surface area (Å²) in [6, 6.07) is 0. The first-order chi connectivity index (χ1) is 7.38. The van der Waals surface area contributed by atoms with Gasteiger partial charge in [0.1, 0.15) is 5.60 Å². The van der Waals surface area contributed by atoms with E-state index >= 15 is 0 Å². The topological polar surface area (TPSA) is 35.5 Å². The molecule has 0 radical (unpaired) electrons. The van der Waals surface area contributed by atoms with Crippen molar-refractivity contribution in [3.8, 4) is 0 Å². The monoisotopic (exact) mass is 240 g/mol. The fraction of sp³-hybridized carbons (Fsp3) is 0.583. The van der Waals surface area contributed by atoms with Crippen LogP contribution in [0, 0.1) is 0 Å². The van der Waals surface area contributed by atoms with Crippen LogP contribution in [0.25, 0.3) is 0 Å². The number of hydrogen-bond donors (Lipinski definition) is 0. The summed E-state index contributed by atoms with van der Waals surface area (Å²) in [7, 11) is 0. The number of rotatable bonds is 1. The van der Waals surface area contributed by atoms with Gasteiger partial charge in [-0.05, 0) is 27.7 Å². The van der Waals surface area contributed by atoms with E-state index < -0.39 is 5.60 Å². The third-order valence-electron chi connectivity index (χ3n) is 2.40. The maximum atomic E-state index is 12.0. The van der Waals surface area contributed by atoms with Crippen LogP contribution >= 0.6 is 11.3 Å². The Balaban J connectivity index is 2.26. The average molecular weight is 240 g/mol. The van der Waals surface area contributed by atoms with Gasteiger partial charge in [-0.15, -0.1) is 11.3 Å². The molecule has 0 N–H and O–H groups in total. The number of carbonyl (C=O) groups is 1. The molecule has 0 aromatic carbocycles. The van der Waals surface area contributed by atoms with Gasteiger partial charge >= 0.3 is 5.97 Å². The van der Waals surface area contributed by atoms with Gasteiger partial charge in [0, 0.05) is 15.8 Å². The van der Waals surface area contributed by atoms with Crippen LogP contribution in [0.3, 0.4) is 0 Å². The molecule has 1 unspecified atom stereocenters. The SMILES string of the molecule is CC1OCc2scc(C(=O)OC(C)(C)C)c21. The molecule has 0 saturated heterocycles. The number of thiophene rings is 1. The molecule has 4 heteroatoms. The van der Waals surface area contributed by atoms with E-state index in [1.54, 1.807) is 11.3 Å². The smallest absolute Gasteiger partial charge is 0.339 e. The second-order valence-corrected chi connectivity index (χ2v) is 5.91. The summed E-state index contributed by atoms with van der Waals surface area (Å²) in [5.74, 6) is -0.248. The predicted molar refractivity (Wildman–Crippen MR) is 62.7 cm³/mol. The Hall–Kier alpha value is -0.870. The molecule has 0 bridgehead atoms. The molecule has 0 saturated carbocycles. The van der Waals surface area contributed by atoms with Crippen LogP contribution in [0.2, 0.25) is 0 Å². The van der Waals surface area contributed by atoms with Crippen molar-refractivity contribution in [3.05, 3.63) is 21.4 Å². The van der Waals surface area contributed by atoms with Crippen LogP contribution in [-0.2, 0) is 16.1 Å². The minimum Gasteiger partial charge on any atom is -0.456 e. The zero-order valence-electron chi connectivity index (χ0n) is 9.99. The minimum atomic E-state index is -0.450. The van der Waals surface area contributed by atoms with Gasteiger partial charge in [-0.3, -0.25) is 0 Å². The van der Waals surface area contributed by atoms with Gasteiger partial charge in [-0.2, -0.15) is 0 Å². The molecule has 1 aliphatic heterocycles. The average Bonchev–Trinajstić information content (AvgIpc) is 2.66. The number of carbonyl (C=O) groups excluding carboxylic acids is 1. The Morgan fingerprint density at radius 1 is 1.56 bits per heavy atom. The van der Waals surface area contributed by atoms with E-state index in [1.807, 2.05) is 33.1 Å². The molecule has 1 aromatic heterocycles. The van der Waals surface area contributed by atoms with E-state index in [2.05, 4.69) is 0 Å². The van der Waals surface area contributed by atoms with Gasteiger partial charge in [0.25, 0.3) is 0 Å². The van der Waals surface area contributed by atoms with Crippen LogP contribution in [0.4, 0.5) is 0 Å². The first-order valence-corrected chi connectivity index (χ1v) is 6.21. The van der Waals surface area contributed by atoms with Crippen molar-refractivity contribution in [1.29, 1.82) is 0 Å². The van der Waals surface area contributed by atoms with Crippen molar-refractivity contribution < 1.29 is 14.3 Å². The molecule has 16 heavy (non-hydrogen) atoms. The van der Waals surface area contributed by atoms with E-state index in [9.17, 15) is 4.79 Å². The van der Waals surface area contributed by atoms with E-state index in [0.29, 0.717) is 12.2 Å². The minimum absolute atomic E-state index is 0.00349. The fourth-order valence-corrected chi connectivity index (χ4v) is 2.76. The Morgan fingerprint density at radius 2 is 2.25 bits per heavy atom. The van der Waals surface area contributed by atoms with Crippen molar-refractivity contribution in [3.63, 3.8) is 0 Å². The third kappa shape index (κ3) is 2.13. The highest BCUT2D eigenvalue weighted by molar-refractivity contribution is 7.10. The van der Waals surface area contributed by atoms with Crippen LogP contribution < -0.4 is 0 Å². The molecular formula is C12H16O3S. The summed E-state index contributed by atoms with van der Waals surface area (Å²) in [6.07, 6.45) is 0.00349. The van der Waals surface area contributed by atoms with E-state index in [4.69, 9.17) is 9.47 Å². The summed E-state index contributed by atoms with van der Waals surface area (Å²) >= 11 is 1.57. The Bertz CT molecular complexity index is 414. The summed E-state index contributed by atoms with van der Waals surface area (Å²) < 4.78 is 10.9. The summed E-state index contributed by atoms with van der Waals surface area (Å²) in [4.78, 5) is 13.1. The quantitative estimate of drug-likeness (QED) is 0.706. The molecule has 0 aliphatic carbocycles. The predicted octanol–water partition coefficient (Wildman–Crippen LogP) is 3.29. The lowest BCUT2D eigenvalue weighted by molar-refractivity contribution is 0.00637. The molecule has 2 heterocycles. The maximum Gasteiger partial charge on any atom is 0.339 e. The van der Waals surface area contributed by atoms with E-state index in [1.165, 1.54) is 0 Å². The van der Waals surface area contributed by atoms with Crippen LogP contribution in [0.1, 0.15) is 54.6 Å². The van der Waals surface area contributed by atoms with Gasteiger partial charge in [-0.25, -0.2) is 4.79 Å². The Morgan fingerprint density at radius 3 is 2.88 bits per heavy atom.